The summed E-state index contributed by atoms with van der Waals surface area (Å²) in [5.74, 6) is 1.58. The molecule has 0 radical (unpaired) electrons. The minimum absolute atomic E-state index is 0.686. The molecule has 0 saturated heterocycles. The molecule has 0 aromatic carbocycles. The van der Waals surface area contributed by atoms with Crippen molar-refractivity contribution < 1.29 is 0 Å². The molecule has 6 heteroatoms. The number of hydrogen-bond acceptors (Lipinski definition) is 6. The van der Waals surface area contributed by atoms with Crippen LogP contribution in [0.15, 0.2) is 29.0 Å². The molecule has 98 valence electrons. The first kappa shape index (κ1) is 12.4. The molecule has 0 fully saturated rings. The Morgan fingerprint density at radius 3 is 2.84 bits per heavy atom. The third-order valence-electron chi connectivity index (χ3n) is 2.67. The highest BCUT2D eigenvalue weighted by Gasteiger charge is 2.08. The Morgan fingerprint density at radius 2 is 2.05 bits per heavy atom. The normalized spacial score (nSPS) is 10.8. The van der Waals surface area contributed by atoms with Crippen LogP contribution in [0.5, 0.6) is 0 Å². The molecule has 2 N–H and O–H groups in total. The van der Waals surface area contributed by atoms with Gasteiger partial charge in [-0.2, -0.15) is 4.98 Å². The van der Waals surface area contributed by atoms with Crippen molar-refractivity contribution >= 4 is 44.7 Å². The zero-order chi connectivity index (χ0) is 13.1. The van der Waals surface area contributed by atoms with Crippen LogP contribution >= 0.6 is 22.7 Å². The Hall–Kier alpha value is -1.66. The molecular weight excluding hydrogens is 276 g/mol. The molecular formula is C13H14N4S2. The van der Waals surface area contributed by atoms with E-state index in [0.29, 0.717) is 5.95 Å². The standard InChI is InChI=1S/C13H14N4S2/c1-2-14-13-16-11(10-5-7-19-12(10)17-13)15-8-9-4-3-6-18-9/h3-7H,2,8H2,1H3,(H2,14,15,16,17). The van der Waals surface area contributed by atoms with Crippen LogP contribution < -0.4 is 10.6 Å². The van der Waals surface area contributed by atoms with E-state index in [1.807, 2.05) is 12.3 Å². The third kappa shape index (κ3) is 2.69. The van der Waals surface area contributed by atoms with E-state index in [4.69, 9.17) is 0 Å². The van der Waals surface area contributed by atoms with Gasteiger partial charge in [-0.25, -0.2) is 4.98 Å². The zero-order valence-electron chi connectivity index (χ0n) is 10.5. The lowest BCUT2D eigenvalue weighted by molar-refractivity contribution is 1.09. The number of hydrogen-bond donors (Lipinski definition) is 2. The molecule has 0 aliphatic rings. The van der Waals surface area contributed by atoms with E-state index >= 15 is 0 Å². The molecule has 3 heterocycles. The highest BCUT2D eigenvalue weighted by molar-refractivity contribution is 7.16. The van der Waals surface area contributed by atoms with E-state index in [2.05, 4.69) is 44.2 Å². The lowest BCUT2D eigenvalue weighted by atomic mass is 10.3. The molecule has 0 bridgehead atoms. The molecule has 19 heavy (non-hydrogen) atoms. The maximum Gasteiger partial charge on any atom is 0.226 e. The van der Waals surface area contributed by atoms with Gasteiger partial charge >= 0.3 is 0 Å². The molecule has 0 amide bonds. The van der Waals surface area contributed by atoms with Crippen LogP contribution in [0.3, 0.4) is 0 Å². The predicted molar refractivity (Wildman–Crippen MR) is 83.2 cm³/mol. The number of fused-ring (bicyclic) bond motifs is 1. The Kier molecular flexibility index (Phi) is 3.61. The molecule has 0 aliphatic heterocycles. The third-order valence-corrected chi connectivity index (χ3v) is 4.35. The monoisotopic (exact) mass is 290 g/mol. The maximum absolute atomic E-state index is 4.54. The molecule has 3 aromatic rings. The SMILES string of the molecule is CCNc1nc(NCc2cccs2)c2ccsc2n1. The van der Waals surface area contributed by atoms with Gasteiger partial charge in [0.25, 0.3) is 0 Å². The van der Waals surface area contributed by atoms with Crippen molar-refractivity contribution in [1.82, 2.24) is 9.97 Å². The van der Waals surface area contributed by atoms with Crippen molar-refractivity contribution in [3.63, 3.8) is 0 Å². The summed E-state index contributed by atoms with van der Waals surface area (Å²) in [5.41, 5.74) is 0. The Morgan fingerprint density at radius 1 is 1.11 bits per heavy atom. The summed E-state index contributed by atoms with van der Waals surface area (Å²) in [5, 5.41) is 11.8. The maximum atomic E-state index is 4.54. The number of rotatable bonds is 5. The summed E-state index contributed by atoms with van der Waals surface area (Å²) in [6, 6.07) is 6.24. The molecule has 0 atom stereocenters. The summed E-state index contributed by atoms with van der Waals surface area (Å²) < 4.78 is 0. The van der Waals surface area contributed by atoms with Crippen molar-refractivity contribution in [3.8, 4) is 0 Å². The number of nitrogens with zero attached hydrogens (tertiary/aromatic N) is 2. The van der Waals surface area contributed by atoms with Crippen molar-refractivity contribution in [3.05, 3.63) is 33.8 Å². The van der Waals surface area contributed by atoms with E-state index < -0.39 is 0 Å². The molecule has 0 unspecified atom stereocenters. The van der Waals surface area contributed by atoms with Gasteiger partial charge in [0.15, 0.2) is 0 Å². The average Bonchev–Trinajstić information content (AvgIpc) is 3.07. The van der Waals surface area contributed by atoms with Crippen molar-refractivity contribution in [1.29, 1.82) is 0 Å². The van der Waals surface area contributed by atoms with E-state index in [-0.39, 0.29) is 0 Å². The van der Waals surface area contributed by atoms with Crippen molar-refractivity contribution in [2.75, 3.05) is 17.2 Å². The van der Waals surface area contributed by atoms with Crippen LogP contribution in [0, 0.1) is 0 Å². The van der Waals surface area contributed by atoms with E-state index in [9.17, 15) is 0 Å². The van der Waals surface area contributed by atoms with Gasteiger partial charge in [0.1, 0.15) is 10.6 Å². The highest BCUT2D eigenvalue weighted by atomic mass is 32.1. The first-order valence-electron chi connectivity index (χ1n) is 6.12. The summed E-state index contributed by atoms with van der Waals surface area (Å²) in [7, 11) is 0. The lowest BCUT2D eigenvalue weighted by Gasteiger charge is -2.08. The smallest absolute Gasteiger partial charge is 0.226 e. The fraction of sp³-hybridized carbons (Fsp3) is 0.231. The first-order valence-corrected chi connectivity index (χ1v) is 7.88. The van der Waals surface area contributed by atoms with Crippen LogP contribution in [0.4, 0.5) is 11.8 Å². The number of aromatic nitrogens is 2. The fourth-order valence-corrected chi connectivity index (χ4v) is 3.22. The molecule has 0 spiro atoms. The second-order valence-corrected chi connectivity index (χ2v) is 5.93. The average molecular weight is 290 g/mol. The van der Waals surface area contributed by atoms with Crippen LogP contribution in [0.2, 0.25) is 0 Å². The van der Waals surface area contributed by atoms with Gasteiger partial charge in [-0.3, -0.25) is 0 Å². The van der Waals surface area contributed by atoms with Gasteiger partial charge < -0.3 is 10.6 Å². The summed E-state index contributed by atoms with van der Waals surface area (Å²) >= 11 is 3.38. The van der Waals surface area contributed by atoms with E-state index in [1.165, 1.54) is 4.88 Å². The quantitative estimate of drug-likeness (QED) is 0.750. The van der Waals surface area contributed by atoms with Gasteiger partial charge in [0.2, 0.25) is 5.95 Å². The minimum atomic E-state index is 0.686. The van der Waals surface area contributed by atoms with E-state index in [1.54, 1.807) is 22.7 Å². The summed E-state index contributed by atoms with van der Waals surface area (Å²) in [6.07, 6.45) is 0. The number of thiophene rings is 2. The summed E-state index contributed by atoms with van der Waals surface area (Å²) in [4.78, 5) is 11.3. The fourth-order valence-electron chi connectivity index (χ4n) is 1.81. The van der Waals surface area contributed by atoms with Gasteiger partial charge in [0, 0.05) is 11.4 Å². The largest absolute Gasteiger partial charge is 0.364 e. The molecule has 0 aliphatic carbocycles. The topological polar surface area (TPSA) is 49.8 Å². The summed E-state index contributed by atoms with van der Waals surface area (Å²) in [6.45, 7) is 3.66. The van der Waals surface area contributed by atoms with Crippen LogP contribution in [0.25, 0.3) is 10.2 Å². The predicted octanol–water partition coefficient (Wildman–Crippen LogP) is 3.80. The van der Waals surface area contributed by atoms with Crippen molar-refractivity contribution in [2.45, 2.75) is 13.5 Å². The van der Waals surface area contributed by atoms with Crippen LogP contribution in [0.1, 0.15) is 11.8 Å². The molecule has 3 aromatic heterocycles. The number of nitrogens with one attached hydrogen (secondary N) is 2. The second kappa shape index (κ2) is 5.54. The van der Waals surface area contributed by atoms with Gasteiger partial charge in [-0.15, -0.1) is 22.7 Å². The van der Waals surface area contributed by atoms with E-state index in [0.717, 1.165) is 29.1 Å². The molecule has 4 nitrogen and oxygen atoms in total. The Balaban J connectivity index is 1.89. The first-order chi connectivity index (χ1) is 9.36. The highest BCUT2D eigenvalue weighted by Crippen LogP contribution is 2.27. The molecule has 3 rings (SSSR count). The minimum Gasteiger partial charge on any atom is -0.364 e. The lowest BCUT2D eigenvalue weighted by Crippen LogP contribution is -2.06. The Labute approximate surface area is 119 Å². The number of anilines is 2. The van der Waals surface area contributed by atoms with Crippen LogP contribution in [-0.4, -0.2) is 16.5 Å². The van der Waals surface area contributed by atoms with Gasteiger partial charge in [-0.1, -0.05) is 6.07 Å². The Bertz CT molecular complexity index is 660. The van der Waals surface area contributed by atoms with Crippen molar-refractivity contribution in [2.24, 2.45) is 0 Å². The second-order valence-electron chi connectivity index (χ2n) is 4.00. The molecule has 0 saturated carbocycles. The van der Waals surface area contributed by atoms with Gasteiger partial charge in [0.05, 0.1) is 11.9 Å². The van der Waals surface area contributed by atoms with Gasteiger partial charge in [-0.05, 0) is 29.8 Å². The van der Waals surface area contributed by atoms with Crippen LogP contribution in [-0.2, 0) is 6.54 Å². The zero-order valence-corrected chi connectivity index (χ0v) is 12.1.